The third kappa shape index (κ3) is 3.51. The van der Waals surface area contributed by atoms with Crippen molar-refractivity contribution in [3.8, 4) is 0 Å². The van der Waals surface area contributed by atoms with Gasteiger partial charge in [0.05, 0.1) is 0 Å². The van der Waals surface area contributed by atoms with Crippen LogP contribution in [0.4, 0.5) is 0 Å². The van der Waals surface area contributed by atoms with E-state index in [1.807, 2.05) is 11.8 Å². The van der Waals surface area contributed by atoms with E-state index in [2.05, 4.69) is 13.8 Å². The molecule has 0 spiro atoms. The minimum Gasteiger partial charge on any atom is -0.396 e. The minimum atomic E-state index is 0.244. The number of hydrogen-bond acceptors (Lipinski definition) is 2. The van der Waals surface area contributed by atoms with Crippen molar-refractivity contribution in [3.63, 3.8) is 0 Å². The Labute approximate surface area is 86.3 Å². The molecule has 0 amide bonds. The van der Waals surface area contributed by atoms with Gasteiger partial charge in [0.15, 0.2) is 0 Å². The molecule has 1 aliphatic carbocycles. The molecule has 1 N–H and O–H groups in total. The summed E-state index contributed by atoms with van der Waals surface area (Å²) in [5.74, 6) is 3.31. The molecule has 0 aromatic rings. The van der Waals surface area contributed by atoms with Gasteiger partial charge < -0.3 is 5.11 Å². The summed E-state index contributed by atoms with van der Waals surface area (Å²) in [7, 11) is 0. The van der Waals surface area contributed by atoms with Gasteiger partial charge in [-0.25, -0.2) is 0 Å². The van der Waals surface area contributed by atoms with Gasteiger partial charge in [-0.2, -0.15) is 11.8 Å². The van der Waals surface area contributed by atoms with Gasteiger partial charge in [-0.3, -0.25) is 0 Å². The van der Waals surface area contributed by atoms with E-state index in [1.54, 1.807) is 0 Å². The largest absolute Gasteiger partial charge is 0.396 e. The molecule has 0 radical (unpaired) electrons. The van der Waals surface area contributed by atoms with Crippen LogP contribution < -0.4 is 0 Å². The van der Waals surface area contributed by atoms with Crippen LogP contribution in [0.25, 0.3) is 0 Å². The second-order valence-electron chi connectivity index (χ2n) is 4.39. The maximum Gasteiger partial charge on any atom is 0.0487 e. The van der Waals surface area contributed by atoms with Crippen LogP contribution in [-0.2, 0) is 0 Å². The average molecular weight is 202 g/mol. The van der Waals surface area contributed by atoms with E-state index in [0.29, 0.717) is 6.61 Å². The fraction of sp³-hybridized carbons (Fsp3) is 1.00. The number of aliphatic hydroxyl groups excluding tert-OH is 1. The Bertz CT molecular complexity index is 145. The van der Waals surface area contributed by atoms with Gasteiger partial charge in [0.2, 0.25) is 0 Å². The first-order valence-corrected chi connectivity index (χ1v) is 6.57. The molecule has 78 valence electrons. The van der Waals surface area contributed by atoms with Crippen molar-refractivity contribution in [2.24, 2.45) is 11.3 Å². The second kappa shape index (κ2) is 5.26. The highest BCUT2D eigenvalue weighted by molar-refractivity contribution is 7.99. The number of rotatable bonds is 7. The number of thioether (sulfide) groups is 1. The molecular formula is C11H22OS. The van der Waals surface area contributed by atoms with Crippen molar-refractivity contribution in [3.05, 3.63) is 0 Å². The molecule has 0 aliphatic heterocycles. The molecule has 1 aliphatic rings. The van der Waals surface area contributed by atoms with E-state index in [0.717, 1.165) is 5.92 Å². The number of hydrogen-bond donors (Lipinski definition) is 1. The summed E-state index contributed by atoms with van der Waals surface area (Å²) in [6.07, 6.45) is 5.17. The first-order chi connectivity index (χ1) is 6.23. The van der Waals surface area contributed by atoms with Crippen LogP contribution >= 0.6 is 11.8 Å². The van der Waals surface area contributed by atoms with Crippen LogP contribution in [0, 0.1) is 11.3 Å². The van der Waals surface area contributed by atoms with Crippen molar-refractivity contribution in [2.75, 3.05) is 18.1 Å². The third-order valence-electron chi connectivity index (χ3n) is 3.16. The van der Waals surface area contributed by atoms with Gasteiger partial charge in [0.25, 0.3) is 0 Å². The van der Waals surface area contributed by atoms with Crippen molar-refractivity contribution in [1.82, 2.24) is 0 Å². The van der Waals surface area contributed by atoms with Crippen LogP contribution in [0.3, 0.4) is 0 Å². The van der Waals surface area contributed by atoms with E-state index in [9.17, 15) is 5.11 Å². The van der Waals surface area contributed by atoms with Gasteiger partial charge in [0.1, 0.15) is 0 Å². The summed E-state index contributed by atoms with van der Waals surface area (Å²) in [5, 5.41) is 9.35. The maximum absolute atomic E-state index is 9.35. The lowest BCUT2D eigenvalue weighted by Gasteiger charge is -2.27. The van der Waals surface area contributed by atoms with Crippen molar-refractivity contribution in [1.29, 1.82) is 0 Å². The summed E-state index contributed by atoms with van der Waals surface area (Å²) in [6.45, 7) is 4.84. The molecule has 0 heterocycles. The number of aliphatic hydroxyl groups is 1. The summed E-state index contributed by atoms with van der Waals surface area (Å²) in [5.41, 5.74) is 0.244. The van der Waals surface area contributed by atoms with E-state index in [-0.39, 0.29) is 5.41 Å². The standard InChI is InChI=1S/C11H22OS/c1-3-13-8-4-7-11(2,9-12)10-5-6-10/h10,12H,3-9H2,1-2H3. The van der Waals surface area contributed by atoms with Gasteiger partial charge >= 0.3 is 0 Å². The smallest absolute Gasteiger partial charge is 0.0487 e. The molecule has 0 saturated heterocycles. The monoisotopic (exact) mass is 202 g/mol. The SMILES string of the molecule is CCSCCCC(C)(CO)C1CC1. The van der Waals surface area contributed by atoms with Crippen molar-refractivity contribution in [2.45, 2.75) is 39.5 Å². The van der Waals surface area contributed by atoms with Gasteiger partial charge in [-0.1, -0.05) is 13.8 Å². The van der Waals surface area contributed by atoms with Gasteiger partial charge in [-0.15, -0.1) is 0 Å². The Morgan fingerprint density at radius 1 is 1.46 bits per heavy atom. The molecule has 1 atom stereocenters. The quantitative estimate of drug-likeness (QED) is 0.641. The second-order valence-corrected chi connectivity index (χ2v) is 5.78. The Morgan fingerprint density at radius 3 is 2.62 bits per heavy atom. The molecular weight excluding hydrogens is 180 g/mol. The lowest BCUT2D eigenvalue weighted by atomic mass is 9.81. The molecule has 1 nitrogen and oxygen atoms in total. The average Bonchev–Trinajstić information content (AvgIpc) is 2.95. The van der Waals surface area contributed by atoms with Crippen LogP contribution in [-0.4, -0.2) is 23.2 Å². The zero-order valence-electron chi connectivity index (χ0n) is 8.88. The van der Waals surface area contributed by atoms with E-state index < -0.39 is 0 Å². The molecule has 13 heavy (non-hydrogen) atoms. The Balaban J connectivity index is 2.15. The molecule has 1 unspecified atom stereocenters. The Morgan fingerprint density at radius 2 is 2.15 bits per heavy atom. The van der Waals surface area contributed by atoms with Crippen LogP contribution in [0.15, 0.2) is 0 Å². The Hall–Kier alpha value is 0.310. The molecule has 0 aromatic heterocycles. The first-order valence-electron chi connectivity index (χ1n) is 5.41. The highest BCUT2D eigenvalue weighted by Crippen LogP contribution is 2.47. The summed E-state index contributed by atoms with van der Waals surface area (Å²) < 4.78 is 0. The van der Waals surface area contributed by atoms with E-state index in [4.69, 9.17) is 0 Å². The van der Waals surface area contributed by atoms with Crippen LogP contribution in [0.1, 0.15) is 39.5 Å². The molecule has 1 rings (SSSR count). The third-order valence-corrected chi connectivity index (χ3v) is 4.15. The van der Waals surface area contributed by atoms with Gasteiger partial charge in [0, 0.05) is 6.61 Å². The molecule has 1 fully saturated rings. The zero-order valence-corrected chi connectivity index (χ0v) is 9.70. The molecule has 1 saturated carbocycles. The highest BCUT2D eigenvalue weighted by atomic mass is 32.2. The predicted octanol–water partition coefficient (Wildman–Crippen LogP) is 2.93. The highest BCUT2D eigenvalue weighted by Gasteiger charge is 2.40. The lowest BCUT2D eigenvalue weighted by Crippen LogP contribution is -2.24. The first kappa shape index (κ1) is 11.4. The molecule has 0 bridgehead atoms. The molecule has 2 heteroatoms. The maximum atomic E-state index is 9.35. The topological polar surface area (TPSA) is 20.2 Å². The minimum absolute atomic E-state index is 0.244. The summed E-state index contributed by atoms with van der Waals surface area (Å²) in [6, 6.07) is 0. The fourth-order valence-electron chi connectivity index (χ4n) is 1.91. The van der Waals surface area contributed by atoms with Gasteiger partial charge in [-0.05, 0) is 48.5 Å². The Kier molecular flexibility index (Phi) is 4.60. The van der Waals surface area contributed by atoms with Crippen LogP contribution in [0.5, 0.6) is 0 Å². The van der Waals surface area contributed by atoms with Crippen molar-refractivity contribution >= 4 is 11.8 Å². The van der Waals surface area contributed by atoms with Crippen molar-refractivity contribution < 1.29 is 5.11 Å². The lowest BCUT2D eigenvalue weighted by molar-refractivity contribution is 0.109. The fourth-order valence-corrected chi connectivity index (χ4v) is 2.55. The van der Waals surface area contributed by atoms with Crippen LogP contribution in [0.2, 0.25) is 0 Å². The summed E-state index contributed by atoms with van der Waals surface area (Å²) >= 11 is 2.01. The predicted molar refractivity (Wildman–Crippen MR) is 60.1 cm³/mol. The van der Waals surface area contributed by atoms with E-state index >= 15 is 0 Å². The zero-order chi connectivity index (χ0) is 9.73. The molecule has 0 aromatic carbocycles. The normalized spacial score (nSPS) is 21.5. The summed E-state index contributed by atoms with van der Waals surface area (Å²) in [4.78, 5) is 0. The van der Waals surface area contributed by atoms with E-state index in [1.165, 1.54) is 37.2 Å².